The Hall–Kier alpha value is -0.210. The second kappa shape index (κ2) is 5.83. The molecule has 2 fully saturated rings. The SMILES string of the molecule is CN(C1CCCCC1N)S(=O)(=O)N1CCOCC1. The average Bonchev–Trinajstić information content (AvgIpc) is 2.39. The van der Waals surface area contributed by atoms with E-state index in [0.29, 0.717) is 26.3 Å². The molecule has 18 heavy (non-hydrogen) atoms. The molecule has 0 aromatic carbocycles. The number of ether oxygens (including phenoxy) is 1. The molecule has 6 nitrogen and oxygen atoms in total. The third kappa shape index (κ3) is 2.85. The predicted molar refractivity (Wildman–Crippen MR) is 69.3 cm³/mol. The normalized spacial score (nSPS) is 31.7. The van der Waals surface area contributed by atoms with Gasteiger partial charge in [0.1, 0.15) is 0 Å². The van der Waals surface area contributed by atoms with Crippen LogP contribution in [0.2, 0.25) is 0 Å². The van der Waals surface area contributed by atoms with Gasteiger partial charge in [0.05, 0.1) is 13.2 Å². The maximum atomic E-state index is 12.5. The fraction of sp³-hybridized carbons (Fsp3) is 1.00. The van der Waals surface area contributed by atoms with Gasteiger partial charge in [0.15, 0.2) is 0 Å². The largest absolute Gasteiger partial charge is 0.379 e. The molecule has 1 saturated carbocycles. The maximum Gasteiger partial charge on any atom is 0.282 e. The van der Waals surface area contributed by atoms with Crippen LogP contribution >= 0.6 is 0 Å². The van der Waals surface area contributed by atoms with E-state index in [1.54, 1.807) is 7.05 Å². The third-order valence-corrected chi connectivity index (χ3v) is 5.93. The van der Waals surface area contributed by atoms with Gasteiger partial charge in [0, 0.05) is 32.2 Å². The Morgan fingerprint density at radius 2 is 1.83 bits per heavy atom. The molecule has 0 bridgehead atoms. The van der Waals surface area contributed by atoms with Gasteiger partial charge >= 0.3 is 0 Å². The summed E-state index contributed by atoms with van der Waals surface area (Å²) in [5.74, 6) is 0. The van der Waals surface area contributed by atoms with Crippen LogP contribution in [0.4, 0.5) is 0 Å². The summed E-state index contributed by atoms with van der Waals surface area (Å²) in [5.41, 5.74) is 6.06. The third-order valence-electron chi connectivity index (χ3n) is 3.91. The lowest BCUT2D eigenvalue weighted by molar-refractivity contribution is 0.0690. The highest BCUT2D eigenvalue weighted by Gasteiger charge is 2.36. The molecule has 7 heteroatoms. The molecule has 2 aliphatic rings. The zero-order valence-electron chi connectivity index (χ0n) is 10.9. The van der Waals surface area contributed by atoms with E-state index in [0.717, 1.165) is 25.7 Å². The lowest BCUT2D eigenvalue weighted by Gasteiger charge is -2.38. The van der Waals surface area contributed by atoms with Gasteiger partial charge in [-0.2, -0.15) is 17.0 Å². The Morgan fingerprint density at radius 1 is 1.22 bits per heavy atom. The number of hydrogen-bond donors (Lipinski definition) is 1. The van der Waals surface area contributed by atoms with Gasteiger partial charge in [-0.05, 0) is 12.8 Å². The molecule has 1 saturated heterocycles. The summed E-state index contributed by atoms with van der Waals surface area (Å²) in [5, 5.41) is 0. The summed E-state index contributed by atoms with van der Waals surface area (Å²) in [7, 11) is -1.73. The molecule has 2 rings (SSSR count). The van der Waals surface area contributed by atoms with Gasteiger partial charge < -0.3 is 10.5 Å². The highest BCUT2D eigenvalue weighted by atomic mass is 32.2. The van der Waals surface area contributed by atoms with Crippen LogP contribution in [0.3, 0.4) is 0 Å². The first-order chi connectivity index (χ1) is 8.53. The van der Waals surface area contributed by atoms with E-state index in [4.69, 9.17) is 10.5 Å². The lowest BCUT2D eigenvalue weighted by Crippen LogP contribution is -2.55. The average molecular weight is 277 g/mol. The van der Waals surface area contributed by atoms with Crippen LogP contribution in [0.15, 0.2) is 0 Å². The molecular weight excluding hydrogens is 254 g/mol. The second-order valence-electron chi connectivity index (χ2n) is 5.05. The fourth-order valence-corrected chi connectivity index (χ4v) is 4.30. The Bertz CT molecular complexity index is 368. The number of rotatable bonds is 3. The minimum absolute atomic E-state index is 0.0421. The molecule has 0 amide bonds. The van der Waals surface area contributed by atoms with Crippen molar-refractivity contribution in [1.29, 1.82) is 0 Å². The van der Waals surface area contributed by atoms with Crippen molar-refractivity contribution < 1.29 is 13.2 Å². The highest BCUT2D eigenvalue weighted by Crippen LogP contribution is 2.24. The van der Waals surface area contributed by atoms with Crippen molar-refractivity contribution in [2.75, 3.05) is 33.4 Å². The van der Waals surface area contributed by atoms with Crippen molar-refractivity contribution in [2.45, 2.75) is 37.8 Å². The monoisotopic (exact) mass is 277 g/mol. The topological polar surface area (TPSA) is 75.9 Å². The van der Waals surface area contributed by atoms with Crippen LogP contribution < -0.4 is 5.73 Å². The molecule has 2 atom stereocenters. The Morgan fingerprint density at radius 3 is 2.44 bits per heavy atom. The summed E-state index contributed by atoms with van der Waals surface area (Å²) in [6, 6.07) is -0.105. The maximum absolute atomic E-state index is 12.5. The number of nitrogens with two attached hydrogens (primary N) is 1. The zero-order chi connectivity index (χ0) is 13.2. The van der Waals surface area contributed by atoms with E-state index in [1.807, 2.05) is 0 Å². The molecule has 2 unspecified atom stereocenters. The van der Waals surface area contributed by atoms with Crippen LogP contribution in [-0.2, 0) is 14.9 Å². The van der Waals surface area contributed by atoms with E-state index in [9.17, 15) is 8.42 Å². The summed E-state index contributed by atoms with van der Waals surface area (Å²) < 4.78 is 33.1. The van der Waals surface area contributed by atoms with Crippen molar-refractivity contribution in [2.24, 2.45) is 5.73 Å². The quantitative estimate of drug-likeness (QED) is 0.773. The molecule has 1 aliphatic carbocycles. The first-order valence-corrected chi connectivity index (χ1v) is 7.99. The molecule has 0 radical (unpaired) electrons. The van der Waals surface area contributed by atoms with Crippen LogP contribution in [0.5, 0.6) is 0 Å². The minimum atomic E-state index is -3.39. The minimum Gasteiger partial charge on any atom is -0.379 e. The van der Waals surface area contributed by atoms with Gasteiger partial charge in [-0.3, -0.25) is 0 Å². The summed E-state index contributed by atoms with van der Waals surface area (Å²) in [6.07, 6.45) is 3.93. The van der Waals surface area contributed by atoms with Gasteiger partial charge in [-0.1, -0.05) is 12.8 Å². The van der Waals surface area contributed by atoms with E-state index in [-0.39, 0.29) is 12.1 Å². The van der Waals surface area contributed by atoms with Crippen LogP contribution in [0.1, 0.15) is 25.7 Å². The molecule has 0 aromatic heterocycles. The zero-order valence-corrected chi connectivity index (χ0v) is 11.7. The van der Waals surface area contributed by atoms with Gasteiger partial charge in [-0.25, -0.2) is 0 Å². The van der Waals surface area contributed by atoms with Crippen molar-refractivity contribution in [3.05, 3.63) is 0 Å². The fourth-order valence-electron chi connectivity index (χ4n) is 2.72. The van der Waals surface area contributed by atoms with Crippen LogP contribution in [-0.4, -0.2) is 62.5 Å². The molecule has 2 N–H and O–H groups in total. The molecule has 1 aliphatic heterocycles. The predicted octanol–water partition coefficient (Wildman–Crippen LogP) is -0.235. The summed E-state index contributed by atoms with van der Waals surface area (Å²) in [6.45, 7) is 1.83. The molecule has 106 valence electrons. The summed E-state index contributed by atoms with van der Waals surface area (Å²) in [4.78, 5) is 0. The highest BCUT2D eigenvalue weighted by molar-refractivity contribution is 7.86. The first kappa shape index (κ1) is 14.2. The Balaban J connectivity index is 2.07. The van der Waals surface area contributed by atoms with E-state index in [1.165, 1.54) is 8.61 Å². The Kier molecular flexibility index (Phi) is 4.60. The summed E-state index contributed by atoms with van der Waals surface area (Å²) >= 11 is 0. The van der Waals surface area contributed by atoms with Crippen LogP contribution in [0, 0.1) is 0 Å². The van der Waals surface area contributed by atoms with E-state index in [2.05, 4.69) is 0 Å². The van der Waals surface area contributed by atoms with Crippen molar-refractivity contribution in [1.82, 2.24) is 8.61 Å². The van der Waals surface area contributed by atoms with Gasteiger partial charge in [0.25, 0.3) is 10.2 Å². The van der Waals surface area contributed by atoms with Gasteiger partial charge in [0.2, 0.25) is 0 Å². The molecule has 1 heterocycles. The lowest BCUT2D eigenvalue weighted by atomic mass is 9.91. The number of hydrogen-bond acceptors (Lipinski definition) is 4. The van der Waals surface area contributed by atoms with Gasteiger partial charge in [-0.15, -0.1) is 0 Å². The Labute approximate surface area is 109 Å². The van der Waals surface area contributed by atoms with Crippen molar-refractivity contribution >= 4 is 10.2 Å². The van der Waals surface area contributed by atoms with Crippen molar-refractivity contribution in [3.63, 3.8) is 0 Å². The molecule has 0 spiro atoms. The first-order valence-electron chi connectivity index (χ1n) is 6.60. The molecule has 0 aromatic rings. The molecular formula is C11H23N3O3S. The van der Waals surface area contributed by atoms with Crippen LogP contribution in [0.25, 0.3) is 0 Å². The smallest absolute Gasteiger partial charge is 0.282 e. The van der Waals surface area contributed by atoms with E-state index < -0.39 is 10.2 Å². The number of nitrogens with zero attached hydrogens (tertiary/aromatic N) is 2. The second-order valence-corrected chi connectivity index (χ2v) is 7.04. The van der Waals surface area contributed by atoms with E-state index >= 15 is 0 Å². The number of likely N-dealkylation sites (N-methyl/N-ethyl adjacent to an activating group) is 1. The number of morpholine rings is 1. The standard InChI is InChI=1S/C11H23N3O3S/c1-13(11-5-3-2-4-10(11)12)18(15,16)14-6-8-17-9-7-14/h10-11H,2-9,12H2,1H3. The van der Waals surface area contributed by atoms with Crippen molar-refractivity contribution in [3.8, 4) is 0 Å².